The number of carboxylic acids is 1. The second-order valence-electron chi connectivity index (χ2n) is 2.98. The number of benzene rings is 1. The van der Waals surface area contributed by atoms with Crippen LogP contribution in [0.2, 0.25) is 0 Å². The molecule has 0 aromatic heterocycles. The number of nitrogens with zero attached hydrogens (tertiary/aromatic N) is 1. The zero-order chi connectivity index (χ0) is 12.1. The van der Waals surface area contributed by atoms with E-state index in [0.29, 0.717) is 20.6 Å². The number of hydrogen-bond donors (Lipinski definition) is 2. The van der Waals surface area contributed by atoms with E-state index >= 15 is 0 Å². The zero-order valence-electron chi connectivity index (χ0n) is 8.24. The third-order valence-electron chi connectivity index (χ3n) is 1.76. The Morgan fingerprint density at radius 1 is 1.62 bits per heavy atom. The molecule has 1 aromatic carbocycles. The van der Waals surface area contributed by atoms with Crippen LogP contribution in [0.1, 0.15) is 12.0 Å². The van der Waals surface area contributed by atoms with Gasteiger partial charge in [-0.05, 0) is 34.7 Å². The Morgan fingerprint density at radius 3 is 2.81 bits per heavy atom. The van der Waals surface area contributed by atoms with Gasteiger partial charge in [0.25, 0.3) is 0 Å². The van der Waals surface area contributed by atoms with Crippen LogP contribution in [0, 0.1) is 14.9 Å². The lowest BCUT2D eigenvalue weighted by molar-refractivity contribution is -0.137. The maximum Gasteiger partial charge on any atom is 0.306 e. The van der Waals surface area contributed by atoms with Crippen molar-refractivity contribution in [1.82, 2.24) is 0 Å². The molecule has 3 N–H and O–H groups in total. The molecule has 16 heavy (non-hydrogen) atoms. The van der Waals surface area contributed by atoms with Gasteiger partial charge in [-0.15, -0.1) is 0 Å². The first-order chi connectivity index (χ1) is 7.54. The van der Waals surface area contributed by atoms with Gasteiger partial charge in [0.1, 0.15) is 0 Å². The zero-order valence-corrected chi connectivity index (χ0v) is 10.4. The normalized spacial score (nSPS) is 9.50. The van der Waals surface area contributed by atoms with E-state index < -0.39 is 5.97 Å². The number of carboxylic acid groups (broad SMARTS) is 1. The van der Waals surface area contributed by atoms with E-state index in [1.54, 1.807) is 6.07 Å². The van der Waals surface area contributed by atoms with E-state index in [-0.39, 0.29) is 13.0 Å². The molecule has 1 rings (SSSR count). The quantitative estimate of drug-likeness (QED) is 0.645. The van der Waals surface area contributed by atoms with Gasteiger partial charge in [-0.2, -0.15) is 5.26 Å². The topological polar surface area (TPSA) is 96.3 Å². The summed E-state index contributed by atoms with van der Waals surface area (Å²) in [5.41, 5.74) is 6.48. The number of carbonyl (C=O) groups is 1. The number of nitriles is 1. The molecule has 5 nitrogen and oxygen atoms in total. The third-order valence-corrected chi connectivity index (χ3v) is 2.57. The second kappa shape index (κ2) is 5.55. The van der Waals surface area contributed by atoms with Gasteiger partial charge in [-0.1, -0.05) is 0 Å². The number of hydrogen-bond acceptors (Lipinski definition) is 4. The van der Waals surface area contributed by atoms with Crippen molar-refractivity contribution in [2.75, 3.05) is 12.3 Å². The summed E-state index contributed by atoms with van der Waals surface area (Å²) >= 11 is 1.99. The Kier molecular flexibility index (Phi) is 4.37. The summed E-state index contributed by atoms with van der Waals surface area (Å²) < 4.78 is 5.95. The number of nitrogen functional groups attached to an aromatic ring is 1. The van der Waals surface area contributed by atoms with Crippen LogP contribution in [-0.2, 0) is 4.79 Å². The Morgan fingerprint density at radius 2 is 2.31 bits per heavy atom. The lowest BCUT2D eigenvalue weighted by Crippen LogP contribution is -2.07. The van der Waals surface area contributed by atoms with Crippen molar-refractivity contribution in [3.8, 4) is 11.8 Å². The fourth-order valence-electron chi connectivity index (χ4n) is 1.07. The minimum Gasteiger partial charge on any atom is -0.490 e. The van der Waals surface area contributed by atoms with Gasteiger partial charge >= 0.3 is 5.97 Å². The molecule has 6 heteroatoms. The van der Waals surface area contributed by atoms with E-state index in [4.69, 9.17) is 20.8 Å². The van der Waals surface area contributed by atoms with E-state index in [9.17, 15) is 4.79 Å². The standard InChI is InChI=1S/C10H9IN2O3/c11-7-3-6(5-12)4-8(13)10(7)16-2-1-9(14)15/h3-4H,1-2,13H2,(H,14,15). The molecule has 0 saturated carbocycles. The maximum atomic E-state index is 10.3. The molecule has 0 unspecified atom stereocenters. The molecular weight excluding hydrogens is 323 g/mol. The molecule has 0 radical (unpaired) electrons. The fraction of sp³-hybridized carbons (Fsp3) is 0.200. The highest BCUT2D eigenvalue weighted by Gasteiger charge is 2.09. The van der Waals surface area contributed by atoms with Gasteiger partial charge in [0.15, 0.2) is 5.75 Å². The lowest BCUT2D eigenvalue weighted by Gasteiger charge is -2.10. The van der Waals surface area contributed by atoms with Crippen molar-refractivity contribution in [1.29, 1.82) is 5.26 Å². The fourth-order valence-corrected chi connectivity index (χ4v) is 1.87. The van der Waals surface area contributed by atoms with Gasteiger partial charge < -0.3 is 15.6 Å². The first kappa shape index (κ1) is 12.6. The van der Waals surface area contributed by atoms with Crippen molar-refractivity contribution in [3.05, 3.63) is 21.3 Å². The van der Waals surface area contributed by atoms with Crippen LogP contribution in [0.4, 0.5) is 5.69 Å². The molecule has 0 spiro atoms. The molecule has 84 valence electrons. The smallest absolute Gasteiger partial charge is 0.306 e. The van der Waals surface area contributed by atoms with Gasteiger partial charge in [0.05, 0.1) is 33.9 Å². The highest BCUT2D eigenvalue weighted by atomic mass is 127. The Balaban J connectivity index is 2.81. The predicted octanol–water partition coefficient (Wildman–Crippen LogP) is 1.60. The van der Waals surface area contributed by atoms with Crippen LogP contribution in [0.3, 0.4) is 0 Å². The number of rotatable bonds is 4. The molecule has 0 atom stereocenters. The molecule has 0 amide bonds. The SMILES string of the molecule is N#Cc1cc(N)c(OCCC(=O)O)c(I)c1. The van der Waals surface area contributed by atoms with Gasteiger partial charge in [0.2, 0.25) is 0 Å². The van der Waals surface area contributed by atoms with Gasteiger partial charge in [-0.25, -0.2) is 0 Å². The molecule has 0 aliphatic rings. The molecule has 0 heterocycles. The van der Waals surface area contributed by atoms with Crippen molar-refractivity contribution >= 4 is 34.2 Å². The first-order valence-electron chi connectivity index (χ1n) is 4.38. The van der Waals surface area contributed by atoms with E-state index in [1.807, 2.05) is 28.7 Å². The van der Waals surface area contributed by atoms with Gasteiger partial charge in [0, 0.05) is 0 Å². The van der Waals surface area contributed by atoms with Crippen LogP contribution >= 0.6 is 22.6 Å². The lowest BCUT2D eigenvalue weighted by atomic mass is 10.2. The Labute approximate surface area is 106 Å². The van der Waals surface area contributed by atoms with E-state index in [2.05, 4.69) is 0 Å². The number of aliphatic carboxylic acids is 1. The summed E-state index contributed by atoms with van der Waals surface area (Å²) in [6.45, 7) is 0.0570. The second-order valence-corrected chi connectivity index (χ2v) is 4.14. The van der Waals surface area contributed by atoms with Crippen LogP contribution in [0.25, 0.3) is 0 Å². The first-order valence-corrected chi connectivity index (χ1v) is 5.46. The summed E-state index contributed by atoms with van der Waals surface area (Å²) in [6.07, 6.45) is -0.0878. The van der Waals surface area contributed by atoms with E-state index in [0.717, 1.165) is 0 Å². The summed E-state index contributed by atoms with van der Waals surface area (Å²) in [7, 11) is 0. The minimum absolute atomic E-state index is 0.0570. The summed E-state index contributed by atoms with van der Waals surface area (Å²) in [5.74, 6) is -0.497. The molecule has 1 aromatic rings. The van der Waals surface area contributed by atoms with E-state index in [1.165, 1.54) is 6.07 Å². The number of anilines is 1. The molecule has 0 fully saturated rings. The van der Waals surface area contributed by atoms with Crippen molar-refractivity contribution in [3.63, 3.8) is 0 Å². The monoisotopic (exact) mass is 332 g/mol. The van der Waals surface area contributed by atoms with Crippen molar-refractivity contribution in [2.45, 2.75) is 6.42 Å². The molecule has 0 bridgehead atoms. The Hall–Kier alpha value is -1.49. The Bertz CT molecular complexity index is 431. The van der Waals surface area contributed by atoms with Crippen LogP contribution in [0.15, 0.2) is 12.1 Å². The predicted molar refractivity (Wildman–Crippen MR) is 66.0 cm³/mol. The number of halogens is 1. The van der Waals surface area contributed by atoms with Crippen molar-refractivity contribution < 1.29 is 14.6 Å². The summed E-state index contributed by atoms with van der Waals surface area (Å²) in [4.78, 5) is 10.3. The summed E-state index contributed by atoms with van der Waals surface area (Å²) in [5, 5.41) is 17.2. The molecule has 0 saturated heterocycles. The van der Waals surface area contributed by atoms with Crippen molar-refractivity contribution in [2.24, 2.45) is 0 Å². The van der Waals surface area contributed by atoms with Crippen LogP contribution < -0.4 is 10.5 Å². The largest absolute Gasteiger partial charge is 0.490 e. The molecule has 0 aliphatic heterocycles. The third kappa shape index (κ3) is 3.27. The molecule has 0 aliphatic carbocycles. The minimum atomic E-state index is -0.928. The van der Waals surface area contributed by atoms with Crippen LogP contribution in [0.5, 0.6) is 5.75 Å². The molecular formula is C10H9IN2O3. The van der Waals surface area contributed by atoms with Gasteiger partial charge in [-0.3, -0.25) is 4.79 Å². The highest BCUT2D eigenvalue weighted by Crippen LogP contribution is 2.29. The summed E-state index contributed by atoms with van der Waals surface area (Å²) in [6, 6.07) is 5.11. The van der Waals surface area contributed by atoms with Crippen LogP contribution in [-0.4, -0.2) is 17.7 Å². The highest BCUT2D eigenvalue weighted by molar-refractivity contribution is 14.1. The maximum absolute atomic E-state index is 10.3. The average molecular weight is 332 g/mol. The number of ether oxygens (including phenoxy) is 1. The number of nitrogens with two attached hydrogens (primary N) is 1. The average Bonchev–Trinajstić information content (AvgIpc) is 2.21.